The van der Waals surface area contributed by atoms with Gasteiger partial charge in [-0.15, -0.1) is 0 Å². The highest BCUT2D eigenvalue weighted by molar-refractivity contribution is 5.99. The van der Waals surface area contributed by atoms with Gasteiger partial charge in [0.25, 0.3) is 17.4 Å². The Hall–Kier alpha value is -3.66. The molecule has 1 aromatic heterocycles. The van der Waals surface area contributed by atoms with Crippen LogP contribution in [-0.4, -0.2) is 71.9 Å². The van der Waals surface area contributed by atoms with Crippen molar-refractivity contribution in [3.8, 4) is 0 Å². The molecule has 3 rings (SSSR count). The van der Waals surface area contributed by atoms with E-state index >= 15 is 0 Å². The van der Waals surface area contributed by atoms with Gasteiger partial charge in [-0.2, -0.15) is 0 Å². The van der Waals surface area contributed by atoms with E-state index in [0.717, 1.165) is 5.56 Å². The fourth-order valence-corrected chi connectivity index (χ4v) is 3.47. The first-order valence-corrected chi connectivity index (χ1v) is 10.3. The van der Waals surface area contributed by atoms with Crippen molar-refractivity contribution in [2.45, 2.75) is 19.1 Å². The molecular weight excluding hydrogens is 416 g/mol. The third-order valence-electron chi connectivity index (χ3n) is 5.18. The molecule has 3 N–H and O–H groups in total. The van der Waals surface area contributed by atoms with Gasteiger partial charge in [0.2, 0.25) is 0 Å². The number of carbonyl (C=O) groups is 3. The Kier molecular flexibility index (Phi) is 7.61. The zero-order chi connectivity index (χ0) is 23.1. The maximum atomic E-state index is 12.8. The van der Waals surface area contributed by atoms with Gasteiger partial charge in [-0.3, -0.25) is 14.4 Å². The summed E-state index contributed by atoms with van der Waals surface area (Å²) in [5.74, 6) is -1.02. The molecule has 32 heavy (non-hydrogen) atoms. The van der Waals surface area contributed by atoms with Gasteiger partial charge in [0.05, 0.1) is 31.4 Å². The molecule has 0 spiro atoms. The summed E-state index contributed by atoms with van der Waals surface area (Å²) in [5, 5.41) is 14.3. The summed E-state index contributed by atoms with van der Waals surface area (Å²) in [6.07, 6.45) is 0.556. The van der Waals surface area contributed by atoms with E-state index in [1.165, 1.54) is 28.8 Å². The van der Waals surface area contributed by atoms with Crippen molar-refractivity contribution in [1.29, 1.82) is 0 Å². The predicted octanol–water partition coefficient (Wildman–Crippen LogP) is 0.755. The minimum atomic E-state index is -0.996. The van der Waals surface area contributed by atoms with Gasteiger partial charge in [0.15, 0.2) is 0 Å². The van der Waals surface area contributed by atoms with E-state index in [2.05, 4.69) is 10.6 Å². The van der Waals surface area contributed by atoms with Crippen LogP contribution in [-0.2, 0) is 11.3 Å². The number of nitrogens with one attached hydrogen (secondary N) is 2. The minimum Gasteiger partial charge on any atom is -0.465 e. The lowest BCUT2D eigenvalue weighted by Gasteiger charge is -2.31. The number of rotatable bonds is 7. The van der Waals surface area contributed by atoms with Crippen molar-refractivity contribution in [3.63, 3.8) is 0 Å². The number of benzene rings is 1. The molecule has 10 heteroatoms. The Bertz CT molecular complexity index is 1040. The van der Waals surface area contributed by atoms with Gasteiger partial charge < -0.3 is 29.9 Å². The summed E-state index contributed by atoms with van der Waals surface area (Å²) in [6.45, 7) is 1.35. The van der Waals surface area contributed by atoms with Crippen molar-refractivity contribution >= 4 is 17.9 Å². The lowest BCUT2D eigenvalue weighted by molar-refractivity contribution is -0.0247. The van der Waals surface area contributed by atoms with Crippen LogP contribution in [0.15, 0.2) is 47.4 Å². The number of nitrogens with zero attached hydrogens (tertiary/aromatic N) is 2. The van der Waals surface area contributed by atoms with Crippen LogP contribution >= 0.6 is 0 Å². The first-order chi connectivity index (χ1) is 15.4. The molecule has 1 aliphatic rings. The van der Waals surface area contributed by atoms with Crippen molar-refractivity contribution < 1.29 is 24.2 Å². The zero-order valence-corrected chi connectivity index (χ0v) is 17.7. The van der Waals surface area contributed by atoms with Crippen LogP contribution in [0.5, 0.6) is 0 Å². The van der Waals surface area contributed by atoms with Gasteiger partial charge in [-0.25, -0.2) is 4.79 Å². The summed E-state index contributed by atoms with van der Waals surface area (Å²) in [4.78, 5) is 50.1. The Labute approximate surface area is 184 Å². The molecule has 2 aromatic rings. The molecule has 1 atom stereocenters. The van der Waals surface area contributed by atoms with Gasteiger partial charge >= 0.3 is 6.09 Å². The third-order valence-corrected chi connectivity index (χ3v) is 5.18. The summed E-state index contributed by atoms with van der Waals surface area (Å²) in [6, 6.07) is 10.5. The molecule has 0 saturated carbocycles. The van der Waals surface area contributed by atoms with E-state index in [1.54, 1.807) is 0 Å². The van der Waals surface area contributed by atoms with Gasteiger partial charge in [-0.1, -0.05) is 30.3 Å². The maximum Gasteiger partial charge on any atom is 0.407 e. The SMILES string of the molecule is CNC(=O)c1cc(C(=O)NCCC2CN(C(=O)O)CCO2)cn(Cc2ccccc2)c1=O. The smallest absolute Gasteiger partial charge is 0.407 e. The number of carbonyl (C=O) groups excluding carboxylic acids is 2. The Morgan fingerprint density at radius 1 is 1.19 bits per heavy atom. The highest BCUT2D eigenvalue weighted by atomic mass is 16.5. The number of ether oxygens (including phenoxy) is 1. The first-order valence-electron chi connectivity index (χ1n) is 10.3. The van der Waals surface area contributed by atoms with E-state index in [1.807, 2.05) is 30.3 Å². The van der Waals surface area contributed by atoms with E-state index in [9.17, 15) is 19.2 Å². The lowest BCUT2D eigenvalue weighted by Crippen LogP contribution is -2.46. The average molecular weight is 442 g/mol. The van der Waals surface area contributed by atoms with Crippen molar-refractivity contribution in [1.82, 2.24) is 20.1 Å². The van der Waals surface area contributed by atoms with E-state index in [-0.39, 0.29) is 36.9 Å². The fourth-order valence-electron chi connectivity index (χ4n) is 3.47. The zero-order valence-electron chi connectivity index (χ0n) is 17.7. The van der Waals surface area contributed by atoms with Gasteiger partial charge in [0, 0.05) is 26.3 Å². The lowest BCUT2D eigenvalue weighted by atomic mass is 10.1. The molecule has 1 fully saturated rings. The summed E-state index contributed by atoms with van der Waals surface area (Å²) >= 11 is 0. The number of amides is 3. The molecule has 0 aliphatic carbocycles. The van der Waals surface area contributed by atoms with Crippen LogP contribution in [0.25, 0.3) is 0 Å². The molecule has 0 radical (unpaired) electrons. The molecule has 1 saturated heterocycles. The molecule has 170 valence electrons. The van der Waals surface area contributed by atoms with Crippen molar-refractivity contribution in [2.75, 3.05) is 33.3 Å². The Morgan fingerprint density at radius 2 is 1.94 bits per heavy atom. The van der Waals surface area contributed by atoms with Crippen LogP contribution in [0.3, 0.4) is 0 Å². The first kappa shape index (κ1) is 23.0. The highest BCUT2D eigenvalue weighted by Crippen LogP contribution is 2.09. The largest absolute Gasteiger partial charge is 0.465 e. The molecule has 0 bridgehead atoms. The summed E-state index contributed by atoms with van der Waals surface area (Å²) in [7, 11) is 1.42. The van der Waals surface area contributed by atoms with Crippen LogP contribution in [0, 0.1) is 0 Å². The van der Waals surface area contributed by atoms with Crippen LogP contribution in [0.1, 0.15) is 32.7 Å². The maximum absolute atomic E-state index is 12.8. The van der Waals surface area contributed by atoms with E-state index in [0.29, 0.717) is 19.6 Å². The second kappa shape index (κ2) is 10.6. The predicted molar refractivity (Wildman–Crippen MR) is 116 cm³/mol. The Balaban J connectivity index is 1.72. The van der Waals surface area contributed by atoms with E-state index < -0.39 is 23.5 Å². The molecule has 10 nitrogen and oxygen atoms in total. The molecular formula is C22H26N4O6. The second-order valence-electron chi connectivity index (χ2n) is 7.41. The third kappa shape index (κ3) is 5.73. The van der Waals surface area contributed by atoms with E-state index in [4.69, 9.17) is 9.84 Å². The molecule has 1 unspecified atom stereocenters. The van der Waals surface area contributed by atoms with Crippen LogP contribution < -0.4 is 16.2 Å². The monoisotopic (exact) mass is 442 g/mol. The van der Waals surface area contributed by atoms with Crippen molar-refractivity contribution in [3.05, 3.63) is 69.6 Å². The minimum absolute atomic E-state index is 0.121. The molecule has 1 aromatic carbocycles. The molecule has 3 amide bonds. The number of carboxylic acid groups (broad SMARTS) is 1. The number of morpholine rings is 1. The number of pyridine rings is 1. The fraction of sp³-hybridized carbons (Fsp3) is 0.364. The van der Waals surface area contributed by atoms with Crippen LogP contribution in [0.2, 0.25) is 0 Å². The quantitative estimate of drug-likeness (QED) is 0.580. The Morgan fingerprint density at radius 3 is 2.62 bits per heavy atom. The number of hydrogen-bond acceptors (Lipinski definition) is 5. The standard InChI is InChI=1S/C22H26N4O6/c1-23-20(28)18-11-16(13-26(21(18)29)12-15-5-3-2-4-6-15)19(27)24-8-7-17-14-25(22(30)31)9-10-32-17/h2-6,11,13,17H,7-10,12,14H2,1H3,(H,23,28)(H,24,27)(H,30,31). The topological polar surface area (TPSA) is 130 Å². The highest BCUT2D eigenvalue weighted by Gasteiger charge is 2.24. The van der Waals surface area contributed by atoms with Gasteiger partial charge in [0.1, 0.15) is 5.56 Å². The average Bonchev–Trinajstić information content (AvgIpc) is 2.80. The number of aromatic nitrogens is 1. The number of hydrogen-bond donors (Lipinski definition) is 3. The van der Waals surface area contributed by atoms with Crippen molar-refractivity contribution in [2.24, 2.45) is 0 Å². The normalized spacial score (nSPS) is 15.8. The molecule has 1 aliphatic heterocycles. The molecule has 2 heterocycles. The van der Waals surface area contributed by atoms with Crippen LogP contribution in [0.4, 0.5) is 4.79 Å². The van der Waals surface area contributed by atoms with Gasteiger partial charge in [-0.05, 0) is 18.1 Å². The second-order valence-corrected chi connectivity index (χ2v) is 7.41. The summed E-state index contributed by atoms with van der Waals surface area (Å²) < 4.78 is 6.89. The summed E-state index contributed by atoms with van der Waals surface area (Å²) in [5.41, 5.74) is 0.418.